The topological polar surface area (TPSA) is 55.6 Å². The van der Waals surface area contributed by atoms with Gasteiger partial charge in [0, 0.05) is 19.4 Å². The smallest absolute Gasteiger partial charge is 0.231 e. The van der Waals surface area contributed by atoms with Crippen LogP contribution in [0.1, 0.15) is 24.1 Å². The van der Waals surface area contributed by atoms with Gasteiger partial charge >= 0.3 is 0 Å². The summed E-state index contributed by atoms with van der Waals surface area (Å²) in [5.41, 5.74) is 2.43. The first-order valence-corrected chi connectivity index (χ1v) is 8.63. The predicted molar refractivity (Wildman–Crippen MR) is 95.2 cm³/mol. The van der Waals surface area contributed by atoms with E-state index in [0.29, 0.717) is 32.6 Å². The minimum Gasteiger partial charge on any atom is -0.381 e. The molecule has 1 aliphatic heterocycles. The van der Waals surface area contributed by atoms with Gasteiger partial charge in [0.05, 0.1) is 23.2 Å². The molecule has 2 aromatic heterocycles. The van der Waals surface area contributed by atoms with Gasteiger partial charge in [0.1, 0.15) is 0 Å². The number of hydrogen-bond acceptors (Lipinski definition) is 3. The Morgan fingerprint density at radius 3 is 2.64 bits per heavy atom. The van der Waals surface area contributed by atoms with Crippen LogP contribution in [0, 0.1) is 0 Å². The van der Waals surface area contributed by atoms with E-state index in [-0.39, 0.29) is 5.91 Å². The van der Waals surface area contributed by atoms with E-state index in [2.05, 4.69) is 10.4 Å². The van der Waals surface area contributed by atoms with E-state index in [0.717, 1.165) is 16.8 Å². The average molecular weight is 335 g/mol. The van der Waals surface area contributed by atoms with Crippen LogP contribution in [0.2, 0.25) is 0 Å². The third-order valence-electron chi connectivity index (χ3n) is 4.96. The number of ether oxygens (including phenoxy) is 1. The third kappa shape index (κ3) is 3.03. The second-order valence-corrected chi connectivity index (χ2v) is 6.45. The van der Waals surface area contributed by atoms with Crippen LogP contribution >= 0.6 is 0 Å². The highest BCUT2D eigenvalue weighted by molar-refractivity contribution is 5.88. The van der Waals surface area contributed by atoms with Crippen molar-refractivity contribution in [1.82, 2.24) is 14.9 Å². The molecular formula is C20H21N3O2. The number of nitrogens with zero attached hydrogens (tertiary/aromatic N) is 2. The minimum atomic E-state index is -0.515. The molecule has 0 bridgehead atoms. The molecule has 25 heavy (non-hydrogen) atoms. The summed E-state index contributed by atoms with van der Waals surface area (Å²) < 4.78 is 7.33. The summed E-state index contributed by atoms with van der Waals surface area (Å²) in [5.74, 6) is 0.0547. The molecule has 0 aliphatic carbocycles. The number of carbonyl (C=O) groups excluding carboxylic acids is 1. The van der Waals surface area contributed by atoms with Crippen molar-refractivity contribution in [2.45, 2.75) is 24.8 Å². The molecule has 1 aromatic carbocycles. The Kier molecular flexibility index (Phi) is 4.24. The first-order chi connectivity index (χ1) is 12.3. The summed E-state index contributed by atoms with van der Waals surface area (Å²) in [7, 11) is 0. The van der Waals surface area contributed by atoms with Crippen molar-refractivity contribution in [3.63, 3.8) is 0 Å². The average Bonchev–Trinajstić information content (AvgIpc) is 3.10. The van der Waals surface area contributed by atoms with Gasteiger partial charge in [0.15, 0.2) is 0 Å². The fourth-order valence-corrected chi connectivity index (χ4v) is 3.54. The van der Waals surface area contributed by atoms with Gasteiger partial charge in [0.2, 0.25) is 5.91 Å². The van der Waals surface area contributed by atoms with Crippen molar-refractivity contribution >= 4 is 11.4 Å². The fourth-order valence-electron chi connectivity index (χ4n) is 3.54. The molecule has 3 heterocycles. The molecule has 1 fully saturated rings. The minimum absolute atomic E-state index is 0.0547. The summed E-state index contributed by atoms with van der Waals surface area (Å²) in [6, 6.07) is 17.9. The molecule has 4 rings (SSSR count). The molecule has 0 unspecified atom stereocenters. The zero-order chi connectivity index (χ0) is 17.1. The van der Waals surface area contributed by atoms with Gasteiger partial charge in [0.25, 0.3) is 0 Å². The summed E-state index contributed by atoms with van der Waals surface area (Å²) in [6.45, 7) is 1.64. The van der Waals surface area contributed by atoms with E-state index < -0.39 is 5.41 Å². The van der Waals surface area contributed by atoms with Crippen LogP contribution in [-0.2, 0) is 21.5 Å². The predicted octanol–water partition coefficient (Wildman–Crippen LogP) is 2.70. The number of nitrogens with one attached hydrogen (secondary N) is 1. The van der Waals surface area contributed by atoms with Crippen molar-refractivity contribution in [2.75, 3.05) is 13.2 Å². The quantitative estimate of drug-likeness (QED) is 0.797. The third-order valence-corrected chi connectivity index (χ3v) is 4.96. The molecular weight excluding hydrogens is 314 g/mol. The normalized spacial score (nSPS) is 16.6. The lowest BCUT2D eigenvalue weighted by Crippen LogP contribution is -2.47. The van der Waals surface area contributed by atoms with Crippen LogP contribution in [0.5, 0.6) is 0 Å². The number of rotatable bonds is 4. The molecule has 1 aliphatic rings. The highest BCUT2D eigenvalue weighted by Gasteiger charge is 2.41. The van der Waals surface area contributed by atoms with E-state index in [1.54, 1.807) is 0 Å². The maximum Gasteiger partial charge on any atom is 0.231 e. The van der Waals surface area contributed by atoms with Gasteiger partial charge in [-0.1, -0.05) is 36.4 Å². The lowest BCUT2D eigenvalue weighted by Gasteiger charge is -2.36. The van der Waals surface area contributed by atoms with E-state index in [9.17, 15) is 4.79 Å². The molecule has 5 heteroatoms. The first-order valence-electron chi connectivity index (χ1n) is 8.63. The maximum absolute atomic E-state index is 13.1. The van der Waals surface area contributed by atoms with Crippen LogP contribution in [0.15, 0.2) is 60.8 Å². The van der Waals surface area contributed by atoms with Gasteiger partial charge in [-0.3, -0.25) is 4.79 Å². The largest absolute Gasteiger partial charge is 0.381 e. The van der Waals surface area contributed by atoms with Crippen molar-refractivity contribution < 1.29 is 9.53 Å². The molecule has 0 radical (unpaired) electrons. The molecule has 1 saturated heterocycles. The first kappa shape index (κ1) is 15.8. The fraction of sp³-hybridized carbons (Fsp3) is 0.300. The molecule has 0 saturated carbocycles. The van der Waals surface area contributed by atoms with Crippen molar-refractivity contribution in [3.05, 3.63) is 72.1 Å². The van der Waals surface area contributed by atoms with Crippen molar-refractivity contribution in [1.29, 1.82) is 0 Å². The molecule has 1 N–H and O–H groups in total. The summed E-state index contributed by atoms with van der Waals surface area (Å²) in [6.07, 6.45) is 3.31. The summed E-state index contributed by atoms with van der Waals surface area (Å²) in [4.78, 5) is 13.1. The van der Waals surface area contributed by atoms with Gasteiger partial charge < -0.3 is 10.1 Å². The van der Waals surface area contributed by atoms with Crippen molar-refractivity contribution in [2.24, 2.45) is 0 Å². The van der Waals surface area contributed by atoms with Crippen LogP contribution in [-0.4, -0.2) is 28.7 Å². The SMILES string of the molecule is O=C(NCc1cc2ccccn2n1)C1(c2ccccc2)CCOCC1. The number of amides is 1. The maximum atomic E-state index is 13.1. The number of fused-ring (bicyclic) bond motifs is 1. The van der Waals surface area contributed by atoms with Gasteiger partial charge in [-0.15, -0.1) is 0 Å². The van der Waals surface area contributed by atoms with E-state index in [1.807, 2.05) is 65.3 Å². The number of aromatic nitrogens is 2. The van der Waals surface area contributed by atoms with E-state index in [4.69, 9.17) is 4.74 Å². The van der Waals surface area contributed by atoms with Crippen LogP contribution in [0.25, 0.3) is 5.52 Å². The standard InChI is InChI=1S/C20H21N3O2/c24-19(21-15-17-14-18-8-4-5-11-23(18)22-17)20(9-12-25-13-10-20)16-6-2-1-3-7-16/h1-8,11,14H,9-10,12-13,15H2,(H,21,24). The second kappa shape index (κ2) is 6.69. The number of pyridine rings is 1. The molecule has 5 nitrogen and oxygen atoms in total. The Hall–Kier alpha value is -2.66. The lowest BCUT2D eigenvalue weighted by atomic mass is 9.73. The van der Waals surface area contributed by atoms with E-state index in [1.165, 1.54) is 0 Å². The van der Waals surface area contributed by atoms with Crippen LogP contribution < -0.4 is 5.32 Å². The zero-order valence-corrected chi connectivity index (χ0v) is 14.0. The number of benzene rings is 1. The molecule has 0 atom stereocenters. The molecule has 128 valence electrons. The van der Waals surface area contributed by atoms with Gasteiger partial charge in [-0.25, -0.2) is 4.52 Å². The summed E-state index contributed by atoms with van der Waals surface area (Å²) in [5, 5.41) is 7.60. The highest BCUT2D eigenvalue weighted by atomic mass is 16.5. The van der Waals surface area contributed by atoms with Gasteiger partial charge in [-0.2, -0.15) is 5.10 Å². The van der Waals surface area contributed by atoms with Gasteiger partial charge in [-0.05, 0) is 36.6 Å². The van der Waals surface area contributed by atoms with Crippen LogP contribution in [0.3, 0.4) is 0 Å². The zero-order valence-electron chi connectivity index (χ0n) is 14.0. The molecule has 3 aromatic rings. The molecule has 0 spiro atoms. The Labute approximate surface area is 146 Å². The Morgan fingerprint density at radius 1 is 1.12 bits per heavy atom. The monoisotopic (exact) mass is 335 g/mol. The van der Waals surface area contributed by atoms with Crippen molar-refractivity contribution in [3.8, 4) is 0 Å². The lowest BCUT2D eigenvalue weighted by molar-refractivity contribution is -0.130. The van der Waals surface area contributed by atoms with E-state index >= 15 is 0 Å². The van der Waals surface area contributed by atoms with Crippen LogP contribution in [0.4, 0.5) is 0 Å². The Morgan fingerprint density at radius 2 is 1.88 bits per heavy atom. The molecule has 1 amide bonds. The Bertz CT molecular complexity index is 834. The number of carbonyl (C=O) groups is 1. The Balaban J connectivity index is 1.54. The highest BCUT2D eigenvalue weighted by Crippen LogP contribution is 2.35. The number of hydrogen-bond donors (Lipinski definition) is 1. The summed E-state index contributed by atoms with van der Waals surface area (Å²) >= 11 is 0. The second-order valence-electron chi connectivity index (χ2n) is 6.45.